The number of carbonyl (C=O) groups excluding carboxylic acids is 1. The zero-order valence-corrected chi connectivity index (χ0v) is 14.9. The first-order valence-corrected chi connectivity index (χ1v) is 8.65. The van der Waals surface area contributed by atoms with Crippen LogP contribution in [0.2, 0.25) is 0 Å². The van der Waals surface area contributed by atoms with Crippen LogP contribution in [0.5, 0.6) is 5.75 Å². The van der Waals surface area contributed by atoms with Crippen molar-refractivity contribution in [1.29, 1.82) is 0 Å². The zero-order chi connectivity index (χ0) is 19.3. The highest BCUT2D eigenvalue weighted by molar-refractivity contribution is 6.08. The minimum absolute atomic E-state index is 0.210. The van der Waals surface area contributed by atoms with Crippen molar-refractivity contribution >= 4 is 33.9 Å². The van der Waals surface area contributed by atoms with Crippen LogP contribution < -0.4 is 10.2 Å². The van der Waals surface area contributed by atoms with E-state index in [-0.39, 0.29) is 12.4 Å². The lowest BCUT2D eigenvalue weighted by Crippen LogP contribution is -2.16. The first-order valence-electron chi connectivity index (χ1n) is 8.65. The van der Waals surface area contributed by atoms with Gasteiger partial charge in [0.05, 0.1) is 6.21 Å². The molecule has 5 nitrogen and oxygen atoms in total. The van der Waals surface area contributed by atoms with Gasteiger partial charge < -0.3 is 9.15 Å². The number of rotatable bonds is 5. The van der Waals surface area contributed by atoms with Crippen LogP contribution in [0, 0.1) is 12.3 Å². The maximum absolute atomic E-state index is 12.4. The average molecular weight is 368 g/mol. The van der Waals surface area contributed by atoms with Gasteiger partial charge in [0, 0.05) is 5.39 Å². The Morgan fingerprint density at radius 1 is 1.11 bits per heavy atom. The van der Waals surface area contributed by atoms with Crippen LogP contribution in [0.1, 0.15) is 16.1 Å². The van der Waals surface area contributed by atoms with Gasteiger partial charge in [-0.05, 0) is 52.7 Å². The molecular formula is C23H16N2O3. The number of fused-ring (bicyclic) bond motifs is 3. The van der Waals surface area contributed by atoms with Crippen LogP contribution in [0.3, 0.4) is 0 Å². The molecule has 1 aromatic heterocycles. The molecule has 0 aliphatic rings. The summed E-state index contributed by atoms with van der Waals surface area (Å²) in [6.07, 6.45) is 6.70. The highest BCUT2D eigenvalue weighted by Gasteiger charge is 2.13. The molecule has 136 valence electrons. The number of nitrogens with zero attached hydrogens (tertiary/aromatic N) is 1. The van der Waals surface area contributed by atoms with Crippen LogP contribution in [0.25, 0.3) is 21.7 Å². The number of carbonyl (C=O) groups is 1. The van der Waals surface area contributed by atoms with E-state index in [0.29, 0.717) is 11.3 Å². The van der Waals surface area contributed by atoms with Crippen molar-refractivity contribution in [3.05, 3.63) is 78.1 Å². The summed E-state index contributed by atoms with van der Waals surface area (Å²) in [5.41, 5.74) is 3.96. The molecule has 1 amide bonds. The van der Waals surface area contributed by atoms with Crippen LogP contribution in [0.15, 0.2) is 76.2 Å². The molecule has 0 aliphatic carbocycles. The normalized spacial score (nSPS) is 11.0. The first-order chi connectivity index (χ1) is 13.7. The topological polar surface area (TPSA) is 63.8 Å². The quantitative estimate of drug-likeness (QED) is 0.323. The molecule has 0 aliphatic heterocycles. The minimum Gasteiger partial charge on any atom is -0.481 e. The number of hydrazone groups is 1. The van der Waals surface area contributed by atoms with Crippen molar-refractivity contribution in [1.82, 2.24) is 5.43 Å². The number of terminal acetylenes is 1. The predicted octanol–water partition coefficient (Wildman–Crippen LogP) is 4.36. The number of nitrogens with one attached hydrogen (secondary N) is 1. The number of hydrogen-bond donors (Lipinski definition) is 1. The molecule has 0 unspecified atom stereocenters. The second kappa shape index (κ2) is 7.68. The van der Waals surface area contributed by atoms with Gasteiger partial charge in [-0.25, -0.2) is 5.43 Å². The van der Waals surface area contributed by atoms with Gasteiger partial charge in [-0.1, -0.05) is 36.3 Å². The first kappa shape index (κ1) is 17.4. The summed E-state index contributed by atoms with van der Waals surface area (Å²) >= 11 is 0. The third-order valence-electron chi connectivity index (χ3n) is 4.23. The summed E-state index contributed by atoms with van der Waals surface area (Å²) in [5, 5.41) is 7.02. The van der Waals surface area contributed by atoms with E-state index in [1.807, 2.05) is 48.5 Å². The van der Waals surface area contributed by atoms with E-state index >= 15 is 0 Å². The molecule has 4 aromatic rings. The Morgan fingerprint density at radius 2 is 1.93 bits per heavy atom. The van der Waals surface area contributed by atoms with Gasteiger partial charge in [-0.2, -0.15) is 5.10 Å². The molecule has 5 heteroatoms. The second-order valence-electron chi connectivity index (χ2n) is 6.07. The summed E-state index contributed by atoms with van der Waals surface area (Å²) in [5.74, 6) is 2.88. The fraction of sp³-hybridized carbons (Fsp3) is 0.0435. The highest BCUT2D eigenvalue weighted by atomic mass is 16.5. The van der Waals surface area contributed by atoms with Crippen molar-refractivity contribution in [3.63, 3.8) is 0 Å². The van der Waals surface area contributed by atoms with E-state index in [0.717, 1.165) is 21.7 Å². The predicted molar refractivity (Wildman–Crippen MR) is 110 cm³/mol. The molecule has 0 radical (unpaired) electrons. The molecule has 0 atom stereocenters. The Morgan fingerprint density at radius 3 is 2.75 bits per heavy atom. The van der Waals surface area contributed by atoms with E-state index in [9.17, 15) is 4.79 Å². The maximum Gasteiger partial charge on any atom is 0.307 e. The van der Waals surface area contributed by atoms with E-state index < -0.39 is 5.91 Å². The Hall–Kier alpha value is -4.04. The third kappa shape index (κ3) is 3.57. The summed E-state index contributed by atoms with van der Waals surface area (Å²) < 4.78 is 11.0. The summed E-state index contributed by atoms with van der Waals surface area (Å²) in [6, 6.07) is 20.7. The molecule has 4 rings (SSSR count). The maximum atomic E-state index is 12.4. The molecule has 28 heavy (non-hydrogen) atoms. The number of furan rings is 1. The molecule has 1 heterocycles. The summed E-state index contributed by atoms with van der Waals surface area (Å²) in [6.45, 7) is 0.219. The average Bonchev–Trinajstić information content (AvgIpc) is 3.18. The van der Waals surface area contributed by atoms with E-state index in [4.69, 9.17) is 15.6 Å². The van der Waals surface area contributed by atoms with E-state index in [1.165, 1.54) is 0 Å². The van der Waals surface area contributed by atoms with Crippen molar-refractivity contribution in [3.8, 4) is 18.1 Å². The van der Waals surface area contributed by atoms with E-state index in [2.05, 4.69) is 16.4 Å². The van der Waals surface area contributed by atoms with Gasteiger partial charge in [-0.3, -0.25) is 4.79 Å². The Labute approximate surface area is 161 Å². The van der Waals surface area contributed by atoms with E-state index in [1.54, 1.807) is 24.4 Å². The van der Waals surface area contributed by atoms with Gasteiger partial charge in [0.25, 0.3) is 0 Å². The Bertz CT molecular complexity index is 1210. The van der Waals surface area contributed by atoms with Crippen LogP contribution in [-0.2, 0) is 0 Å². The van der Waals surface area contributed by atoms with Crippen molar-refractivity contribution in [2.45, 2.75) is 0 Å². The monoisotopic (exact) mass is 368 g/mol. The Balaban J connectivity index is 1.47. The molecule has 3 aromatic carbocycles. The van der Waals surface area contributed by atoms with Crippen LogP contribution >= 0.6 is 0 Å². The van der Waals surface area contributed by atoms with Gasteiger partial charge in [0.1, 0.15) is 17.9 Å². The number of benzene rings is 3. The highest BCUT2D eigenvalue weighted by Crippen LogP contribution is 2.28. The number of ether oxygens (including phenoxy) is 1. The zero-order valence-electron chi connectivity index (χ0n) is 14.9. The van der Waals surface area contributed by atoms with Crippen molar-refractivity contribution < 1.29 is 13.9 Å². The number of hydrogen-bond acceptors (Lipinski definition) is 4. The number of amides is 1. The van der Waals surface area contributed by atoms with Crippen molar-refractivity contribution in [2.24, 2.45) is 5.10 Å². The standard InChI is InChI=1S/C23H16N2O3/c1-2-13-27-18-10-7-16(8-11-18)15-24-25-23(26)22-14-20-19-6-4-3-5-17(19)9-12-21(20)28-22/h1,3-12,14-15H,13H2,(H,25,26)/b24-15+. The molecule has 0 saturated heterocycles. The van der Waals surface area contributed by atoms with Crippen LogP contribution in [-0.4, -0.2) is 18.7 Å². The third-order valence-corrected chi connectivity index (χ3v) is 4.23. The van der Waals surface area contributed by atoms with Crippen molar-refractivity contribution in [2.75, 3.05) is 6.61 Å². The molecular weight excluding hydrogens is 352 g/mol. The fourth-order valence-electron chi connectivity index (χ4n) is 2.90. The van der Waals surface area contributed by atoms with Gasteiger partial charge in [-0.15, -0.1) is 6.42 Å². The molecule has 0 spiro atoms. The lowest BCUT2D eigenvalue weighted by Gasteiger charge is -2.01. The Kier molecular flexibility index (Phi) is 4.77. The molecule has 0 bridgehead atoms. The fourth-order valence-corrected chi connectivity index (χ4v) is 2.90. The van der Waals surface area contributed by atoms with Gasteiger partial charge >= 0.3 is 5.91 Å². The smallest absolute Gasteiger partial charge is 0.307 e. The van der Waals surface area contributed by atoms with Crippen LogP contribution in [0.4, 0.5) is 0 Å². The lowest BCUT2D eigenvalue weighted by molar-refractivity contribution is 0.0929. The molecule has 0 fully saturated rings. The van der Waals surface area contributed by atoms with Gasteiger partial charge in [0.15, 0.2) is 5.76 Å². The summed E-state index contributed by atoms with van der Waals surface area (Å²) in [4.78, 5) is 12.4. The van der Waals surface area contributed by atoms with Gasteiger partial charge in [0.2, 0.25) is 0 Å². The second-order valence-corrected chi connectivity index (χ2v) is 6.07. The molecule has 1 N–H and O–H groups in total. The summed E-state index contributed by atoms with van der Waals surface area (Å²) in [7, 11) is 0. The molecule has 0 saturated carbocycles. The largest absolute Gasteiger partial charge is 0.481 e. The SMILES string of the molecule is C#CCOc1ccc(/C=N/NC(=O)c2cc3c(ccc4ccccc43)o2)cc1. The lowest BCUT2D eigenvalue weighted by atomic mass is 10.1. The minimum atomic E-state index is -0.412.